The monoisotopic (exact) mass is 344 g/mol. The van der Waals surface area contributed by atoms with Gasteiger partial charge < -0.3 is 5.11 Å². The normalized spacial score (nSPS) is 10.9. The van der Waals surface area contributed by atoms with Gasteiger partial charge in [0.25, 0.3) is 5.56 Å². The van der Waals surface area contributed by atoms with E-state index in [0.29, 0.717) is 21.8 Å². The molecule has 0 aliphatic carbocycles. The molecule has 0 atom stereocenters. The molecule has 1 heterocycles. The van der Waals surface area contributed by atoms with Gasteiger partial charge in [-0.2, -0.15) is 0 Å². The van der Waals surface area contributed by atoms with Crippen molar-refractivity contribution in [3.63, 3.8) is 0 Å². The van der Waals surface area contributed by atoms with Crippen LogP contribution in [0.4, 0.5) is 4.39 Å². The van der Waals surface area contributed by atoms with Gasteiger partial charge in [0.05, 0.1) is 16.5 Å². The minimum atomic E-state index is -1.08. The number of rotatable bonds is 4. The smallest absolute Gasteiger partial charge is 0.335 e. The van der Waals surface area contributed by atoms with Crippen LogP contribution in [-0.4, -0.2) is 20.6 Å². The lowest BCUT2D eigenvalue weighted by Gasteiger charge is -2.09. The SMILES string of the molecule is Cn1c(SCc2cccc(F)c2)nc2cc(C(=O)O)ccc2c1=O. The average molecular weight is 344 g/mol. The Balaban J connectivity index is 1.99. The van der Waals surface area contributed by atoms with Crippen molar-refractivity contribution >= 4 is 28.6 Å². The van der Waals surface area contributed by atoms with Gasteiger partial charge in [-0.05, 0) is 35.9 Å². The number of halogens is 1. The van der Waals surface area contributed by atoms with Crippen LogP contribution in [0.25, 0.3) is 10.9 Å². The fourth-order valence-electron chi connectivity index (χ4n) is 2.29. The first-order chi connectivity index (χ1) is 11.5. The Morgan fingerprint density at radius 2 is 2.08 bits per heavy atom. The molecule has 24 heavy (non-hydrogen) atoms. The number of benzene rings is 2. The van der Waals surface area contributed by atoms with Gasteiger partial charge in [-0.1, -0.05) is 23.9 Å². The van der Waals surface area contributed by atoms with Crippen molar-refractivity contribution in [2.45, 2.75) is 10.9 Å². The van der Waals surface area contributed by atoms with Crippen molar-refractivity contribution in [2.75, 3.05) is 0 Å². The van der Waals surface area contributed by atoms with E-state index >= 15 is 0 Å². The van der Waals surface area contributed by atoms with Gasteiger partial charge in [-0.15, -0.1) is 0 Å². The number of aromatic carboxylic acids is 1. The molecular weight excluding hydrogens is 331 g/mol. The van der Waals surface area contributed by atoms with E-state index in [4.69, 9.17) is 5.11 Å². The molecule has 3 rings (SSSR count). The highest BCUT2D eigenvalue weighted by Crippen LogP contribution is 2.22. The standard InChI is InChI=1S/C17H13FN2O3S/c1-20-15(21)13-6-5-11(16(22)23)8-14(13)19-17(20)24-9-10-3-2-4-12(18)7-10/h2-8H,9H2,1H3,(H,22,23). The molecule has 0 amide bonds. The molecule has 3 aromatic rings. The predicted molar refractivity (Wildman–Crippen MR) is 89.9 cm³/mol. The van der Waals surface area contributed by atoms with Gasteiger partial charge in [0.15, 0.2) is 5.16 Å². The molecule has 122 valence electrons. The molecule has 1 N–H and O–H groups in total. The molecule has 1 aromatic heterocycles. The number of hydrogen-bond acceptors (Lipinski definition) is 4. The van der Waals surface area contributed by atoms with Crippen LogP contribution in [0.2, 0.25) is 0 Å². The maximum absolute atomic E-state index is 13.2. The lowest BCUT2D eigenvalue weighted by atomic mass is 10.1. The molecule has 0 saturated carbocycles. The molecule has 0 fully saturated rings. The Morgan fingerprint density at radius 3 is 2.79 bits per heavy atom. The van der Waals surface area contributed by atoms with Crippen molar-refractivity contribution in [2.24, 2.45) is 7.05 Å². The minimum absolute atomic E-state index is 0.0735. The van der Waals surface area contributed by atoms with E-state index < -0.39 is 5.97 Å². The Morgan fingerprint density at radius 1 is 1.29 bits per heavy atom. The quantitative estimate of drug-likeness (QED) is 0.582. The van der Waals surface area contributed by atoms with Crippen LogP contribution >= 0.6 is 11.8 Å². The third kappa shape index (κ3) is 3.16. The molecule has 0 saturated heterocycles. The van der Waals surface area contributed by atoms with E-state index in [2.05, 4.69) is 4.98 Å². The lowest BCUT2D eigenvalue weighted by molar-refractivity contribution is 0.0697. The molecule has 0 bridgehead atoms. The molecule has 0 radical (unpaired) electrons. The van der Waals surface area contributed by atoms with Gasteiger partial charge in [0.2, 0.25) is 0 Å². The third-order valence-electron chi connectivity index (χ3n) is 3.54. The lowest BCUT2D eigenvalue weighted by Crippen LogP contribution is -2.20. The Bertz CT molecular complexity index is 1000. The number of nitrogens with zero attached hydrogens (tertiary/aromatic N) is 2. The summed E-state index contributed by atoms with van der Waals surface area (Å²) >= 11 is 1.29. The first-order valence-electron chi connectivity index (χ1n) is 7.07. The summed E-state index contributed by atoms with van der Waals surface area (Å²) < 4.78 is 14.6. The second-order valence-corrected chi connectivity index (χ2v) is 6.16. The molecule has 0 spiro atoms. The van der Waals surface area contributed by atoms with Crippen molar-refractivity contribution in [3.05, 3.63) is 69.8 Å². The highest BCUT2D eigenvalue weighted by atomic mass is 32.2. The van der Waals surface area contributed by atoms with Gasteiger partial charge in [0, 0.05) is 12.8 Å². The molecule has 5 nitrogen and oxygen atoms in total. The van der Waals surface area contributed by atoms with Crippen LogP contribution in [0, 0.1) is 5.82 Å². The largest absolute Gasteiger partial charge is 0.478 e. The van der Waals surface area contributed by atoms with E-state index in [0.717, 1.165) is 5.56 Å². The summed E-state index contributed by atoms with van der Waals surface area (Å²) in [5.41, 5.74) is 0.927. The summed E-state index contributed by atoms with van der Waals surface area (Å²) in [6.45, 7) is 0. The van der Waals surface area contributed by atoms with Crippen LogP contribution in [0.5, 0.6) is 0 Å². The van der Waals surface area contributed by atoms with Gasteiger partial charge >= 0.3 is 5.97 Å². The van der Waals surface area contributed by atoms with Crippen molar-refractivity contribution in [1.82, 2.24) is 9.55 Å². The second kappa shape index (κ2) is 6.45. The number of carbonyl (C=O) groups is 1. The summed E-state index contributed by atoms with van der Waals surface area (Å²) in [7, 11) is 1.60. The van der Waals surface area contributed by atoms with E-state index in [1.807, 2.05) is 0 Å². The number of hydrogen-bond donors (Lipinski definition) is 1. The van der Waals surface area contributed by atoms with Crippen LogP contribution in [0.3, 0.4) is 0 Å². The fourth-order valence-corrected chi connectivity index (χ4v) is 3.20. The second-order valence-electron chi connectivity index (χ2n) is 5.21. The maximum Gasteiger partial charge on any atom is 0.335 e. The molecule has 0 aliphatic rings. The van der Waals surface area contributed by atoms with Crippen molar-refractivity contribution in [3.8, 4) is 0 Å². The average Bonchev–Trinajstić information content (AvgIpc) is 2.56. The number of carboxylic acid groups (broad SMARTS) is 1. The first-order valence-corrected chi connectivity index (χ1v) is 8.05. The summed E-state index contributed by atoms with van der Waals surface area (Å²) in [5.74, 6) is -0.949. The number of fused-ring (bicyclic) bond motifs is 1. The van der Waals surface area contributed by atoms with Crippen LogP contribution in [0.15, 0.2) is 52.4 Å². The fraction of sp³-hybridized carbons (Fsp3) is 0.118. The molecule has 0 aliphatic heterocycles. The van der Waals surface area contributed by atoms with E-state index in [1.54, 1.807) is 19.2 Å². The Labute approximate surface area is 140 Å². The highest BCUT2D eigenvalue weighted by Gasteiger charge is 2.12. The summed E-state index contributed by atoms with van der Waals surface area (Å²) in [5, 5.41) is 9.87. The summed E-state index contributed by atoms with van der Waals surface area (Å²) in [6.07, 6.45) is 0. The first kappa shape index (κ1) is 16.2. The Hall–Kier alpha value is -2.67. The van der Waals surface area contributed by atoms with Crippen LogP contribution in [-0.2, 0) is 12.8 Å². The predicted octanol–water partition coefficient (Wildman–Crippen LogP) is 3.06. The Kier molecular flexibility index (Phi) is 4.35. The summed E-state index contributed by atoms with van der Waals surface area (Å²) in [6, 6.07) is 10.4. The number of thioether (sulfide) groups is 1. The zero-order valence-corrected chi connectivity index (χ0v) is 13.5. The highest BCUT2D eigenvalue weighted by molar-refractivity contribution is 7.98. The number of aromatic nitrogens is 2. The van der Waals surface area contributed by atoms with Crippen molar-refractivity contribution in [1.29, 1.82) is 0 Å². The zero-order valence-electron chi connectivity index (χ0n) is 12.7. The van der Waals surface area contributed by atoms with Crippen LogP contribution in [0.1, 0.15) is 15.9 Å². The van der Waals surface area contributed by atoms with Gasteiger partial charge in [-0.25, -0.2) is 14.2 Å². The molecular formula is C17H13FN2O3S. The minimum Gasteiger partial charge on any atom is -0.478 e. The molecule has 7 heteroatoms. The van der Waals surface area contributed by atoms with E-state index in [-0.39, 0.29) is 16.9 Å². The van der Waals surface area contributed by atoms with Crippen LogP contribution < -0.4 is 5.56 Å². The van der Waals surface area contributed by atoms with Gasteiger partial charge in [-0.3, -0.25) is 9.36 Å². The van der Waals surface area contributed by atoms with Crippen molar-refractivity contribution < 1.29 is 14.3 Å². The number of carboxylic acids is 1. The third-order valence-corrected chi connectivity index (χ3v) is 4.64. The summed E-state index contributed by atoms with van der Waals surface area (Å²) in [4.78, 5) is 27.9. The molecule has 0 unspecified atom stereocenters. The maximum atomic E-state index is 13.2. The van der Waals surface area contributed by atoms with E-state index in [1.165, 1.54) is 46.7 Å². The topological polar surface area (TPSA) is 72.2 Å². The zero-order chi connectivity index (χ0) is 17.3. The van der Waals surface area contributed by atoms with E-state index in [9.17, 15) is 14.0 Å². The van der Waals surface area contributed by atoms with Gasteiger partial charge in [0.1, 0.15) is 5.82 Å². The molecule has 2 aromatic carbocycles.